The fourth-order valence-corrected chi connectivity index (χ4v) is 5.23. The van der Waals surface area contributed by atoms with Gasteiger partial charge in [0.1, 0.15) is 0 Å². The first kappa shape index (κ1) is 21.6. The molecule has 152 valence electrons. The highest BCUT2D eigenvalue weighted by Gasteiger charge is 2.26. The van der Waals surface area contributed by atoms with E-state index >= 15 is 0 Å². The summed E-state index contributed by atoms with van der Waals surface area (Å²) in [5.41, 5.74) is 0. The summed E-state index contributed by atoms with van der Waals surface area (Å²) in [4.78, 5) is 9.35. The van der Waals surface area contributed by atoms with Gasteiger partial charge in [-0.05, 0) is 45.7 Å². The Hall–Kier alpha value is -0.660. The van der Waals surface area contributed by atoms with Gasteiger partial charge in [-0.25, -0.2) is 0 Å². The van der Waals surface area contributed by atoms with Gasteiger partial charge in [0.05, 0.1) is 0 Å². The van der Waals surface area contributed by atoms with Crippen molar-refractivity contribution in [1.82, 2.24) is 20.4 Å². The van der Waals surface area contributed by atoms with Crippen molar-refractivity contribution >= 4 is 16.8 Å². The highest BCUT2D eigenvalue weighted by Crippen LogP contribution is 2.22. The molecular formula is C19H39N5OS. The highest BCUT2D eigenvalue weighted by molar-refractivity contribution is 7.85. The number of aliphatic imine (C=N–C) groups is 1. The van der Waals surface area contributed by atoms with E-state index in [4.69, 9.17) is 0 Å². The van der Waals surface area contributed by atoms with Gasteiger partial charge in [0.15, 0.2) is 5.96 Å². The molecule has 0 bridgehead atoms. The zero-order valence-corrected chi connectivity index (χ0v) is 17.8. The van der Waals surface area contributed by atoms with Crippen molar-refractivity contribution in [2.75, 3.05) is 59.1 Å². The minimum absolute atomic E-state index is 0.355. The largest absolute Gasteiger partial charge is 0.356 e. The van der Waals surface area contributed by atoms with Crippen molar-refractivity contribution in [2.45, 2.75) is 56.7 Å². The van der Waals surface area contributed by atoms with Gasteiger partial charge in [-0.1, -0.05) is 13.3 Å². The third kappa shape index (κ3) is 7.53. The van der Waals surface area contributed by atoms with E-state index < -0.39 is 10.8 Å². The topological polar surface area (TPSA) is 60.0 Å². The van der Waals surface area contributed by atoms with Gasteiger partial charge in [-0.3, -0.25) is 9.20 Å². The maximum Gasteiger partial charge on any atom is 0.191 e. The minimum Gasteiger partial charge on any atom is -0.356 e. The molecule has 3 unspecified atom stereocenters. The average molecular weight is 386 g/mol. The van der Waals surface area contributed by atoms with Gasteiger partial charge in [-0.15, -0.1) is 0 Å². The summed E-state index contributed by atoms with van der Waals surface area (Å²) >= 11 is 0. The third-order valence-electron chi connectivity index (χ3n) is 5.64. The standard InChI is InChI=1S/C19H39N5OS/c1-4-26(25)18-9-7-8-17(16-18)22-19(20-2)21-10-5-6-11-24-14-12-23(3)13-15-24/h17-18H,4-16H2,1-3H3,(H2,20,21,22). The van der Waals surface area contributed by atoms with E-state index in [0.717, 1.165) is 43.9 Å². The summed E-state index contributed by atoms with van der Waals surface area (Å²) in [6, 6.07) is 0.404. The molecule has 0 radical (unpaired) electrons. The number of piperazine rings is 1. The molecule has 6 nitrogen and oxygen atoms in total. The molecule has 0 amide bonds. The Bertz CT molecular complexity index is 451. The number of unbranched alkanes of at least 4 members (excludes halogenated alkanes) is 1. The number of hydrogen-bond acceptors (Lipinski definition) is 4. The lowest BCUT2D eigenvalue weighted by molar-refractivity contribution is 0.152. The summed E-state index contributed by atoms with van der Waals surface area (Å²) < 4.78 is 12.1. The van der Waals surface area contributed by atoms with E-state index in [-0.39, 0.29) is 0 Å². The lowest BCUT2D eigenvalue weighted by Gasteiger charge is -2.32. The normalized spacial score (nSPS) is 27.3. The van der Waals surface area contributed by atoms with Crippen LogP contribution in [0.5, 0.6) is 0 Å². The van der Waals surface area contributed by atoms with Crippen LogP contribution in [0.3, 0.4) is 0 Å². The molecule has 0 spiro atoms. The molecule has 2 N–H and O–H groups in total. The lowest BCUT2D eigenvalue weighted by atomic mass is 9.95. The Kier molecular flexibility index (Phi) is 9.93. The van der Waals surface area contributed by atoms with Gasteiger partial charge in [0, 0.05) is 67.6 Å². The zero-order chi connectivity index (χ0) is 18.8. The van der Waals surface area contributed by atoms with Crippen LogP contribution in [0.4, 0.5) is 0 Å². The van der Waals surface area contributed by atoms with Crippen LogP contribution in [0.25, 0.3) is 0 Å². The molecule has 0 aromatic heterocycles. The molecular weight excluding hydrogens is 346 g/mol. The van der Waals surface area contributed by atoms with Crippen LogP contribution in [-0.2, 0) is 10.8 Å². The fourth-order valence-electron chi connectivity index (χ4n) is 3.88. The first-order chi connectivity index (χ1) is 12.6. The number of rotatable bonds is 8. The average Bonchev–Trinajstić information content (AvgIpc) is 2.67. The van der Waals surface area contributed by atoms with Crippen LogP contribution in [-0.4, -0.2) is 90.4 Å². The number of guanidine groups is 1. The number of likely N-dealkylation sites (N-methyl/N-ethyl adjacent to an activating group) is 1. The van der Waals surface area contributed by atoms with Crippen molar-refractivity contribution in [3.05, 3.63) is 0 Å². The Morgan fingerprint density at radius 1 is 1.19 bits per heavy atom. The van der Waals surface area contributed by atoms with Crippen molar-refractivity contribution in [1.29, 1.82) is 0 Å². The SMILES string of the molecule is CCS(=O)C1CCCC(NC(=NC)NCCCCN2CCN(C)CC2)C1. The zero-order valence-electron chi connectivity index (χ0n) is 17.0. The second-order valence-corrected chi connectivity index (χ2v) is 9.66. The second kappa shape index (κ2) is 11.9. The quantitative estimate of drug-likeness (QED) is 0.374. The van der Waals surface area contributed by atoms with Crippen molar-refractivity contribution in [3.63, 3.8) is 0 Å². The monoisotopic (exact) mass is 385 g/mol. The molecule has 26 heavy (non-hydrogen) atoms. The summed E-state index contributed by atoms with van der Waals surface area (Å²) in [6.45, 7) is 8.99. The van der Waals surface area contributed by atoms with Crippen LogP contribution in [0.1, 0.15) is 45.4 Å². The maximum absolute atomic E-state index is 12.1. The molecule has 1 saturated carbocycles. The minimum atomic E-state index is -0.672. The van der Waals surface area contributed by atoms with Gasteiger partial charge < -0.3 is 20.4 Å². The molecule has 1 saturated heterocycles. The summed E-state index contributed by atoms with van der Waals surface area (Å²) in [5, 5.41) is 7.36. The molecule has 3 atom stereocenters. The smallest absolute Gasteiger partial charge is 0.191 e. The first-order valence-electron chi connectivity index (χ1n) is 10.4. The van der Waals surface area contributed by atoms with Crippen LogP contribution < -0.4 is 10.6 Å². The highest BCUT2D eigenvalue weighted by atomic mass is 32.2. The summed E-state index contributed by atoms with van der Waals surface area (Å²) in [5.74, 6) is 1.68. The second-order valence-electron chi connectivity index (χ2n) is 7.65. The van der Waals surface area contributed by atoms with Crippen LogP contribution in [0.2, 0.25) is 0 Å². The maximum atomic E-state index is 12.1. The lowest BCUT2D eigenvalue weighted by Crippen LogP contribution is -2.47. The van der Waals surface area contributed by atoms with Gasteiger partial charge >= 0.3 is 0 Å². The van der Waals surface area contributed by atoms with Gasteiger partial charge in [-0.2, -0.15) is 0 Å². The van der Waals surface area contributed by atoms with Crippen LogP contribution in [0, 0.1) is 0 Å². The van der Waals surface area contributed by atoms with Gasteiger partial charge in [0.25, 0.3) is 0 Å². The Morgan fingerprint density at radius 3 is 2.65 bits per heavy atom. The van der Waals surface area contributed by atoms with E-state index in [9.17, 15) is 4.21 Å². The summed E-state index contributed by atoms with van der Waals surface area (Å²) in [7, 11) is 3.37. The Morgan fingerprint density at radius 2 is 1.96 bits per heavy atom. The number of hydrogen-bond donors (Lipinski definition) is 2. The van der Waals surface area contributed by atoms with E-state index in [2.05, 4.69) is 32.5 Å². The molecule has 7 heteroatoms. The first-order valence-corrected chi connectivity index (χ1v) is 11.8. The molecule has 2 aliphatic rings. The molecule has 0 aromatic rings. The molecule has 2 fully saturated rings. The predicted molar refractivity (Wildman–Crippen MR) is 112 cm³/mol. The molecule has 0 aromatic carbocycles. The molecule has 2 rings (SSSR count). The number of nitrogens with zero attached hydrogens (tertiary/aromatic N) is 3. The Labute approximate surface area is 162 Å². The van der Waals surface area contributed by atoms with Crippen LogP contribution in [0.15, 0.2) is 4.99 Å². The Balaban J connectivity index is 1.59. The molecule has 1 aliphatic heterocycles. The van der Waals surface area contributed by atoms with Gasteiger partial charge in [0.2, 0.25) is 0 Å². The molecule has 1 heterocycles. The van der Waals surface area contributed by atoms with E-state index in [0.29, 0.717) is 11.3 Å². The summed E-state index contributed by atoms with van der Waals surface area (Å²) in [6.07, 6.45) is 6.83. The van der Waals surface area contributed by atoms with Crippen molar-refractivity contribution in [3.8, 4) is 0 Å². The van der Waals surface area contributed by atoms with Crippen molar-refractivity contribution in [2.24, 2.45) is 4.99 Å². The fraction of sp³-hybridized carbons (Fsp3) is 0.947. The predicted octanol–water partition coefficient (Wildman–Crippen LogP) is 1.26. The van der Waals surface area contributed by atoms with E-state index in [1.807, 2.05) is 14.0 Å². The van der Waals surface area contributed by atoms with E-state index in [1.54, 1.807) is 0 Å². The number of nitrogens with one attached hydrogen (secondary N) is 2. The van der Waals surface area contributed by atoms with Crippen molar-refractivity contribution < 1.29 is 4.21 Å². The van der Waals surface area contributed by atoms with E-state index in [1.165, 1.54) is 45.6 Å². The van der Waals surface area contributed by atoms with Crippen LogP contribution >= 0.6 is 0 Å². The third-order valence-corrected chi connectivity index (χ3v) is 7.38. The molecule has 1 aliphatic carbocycles.